The van der Waals surface area contributed by atoms with Crippen molar-refractivity contribution in [3.05, 3.63) is 63.6 Å². The summed E-state index contributed by atoms with van der Waals surface area (Å²) in [6.07, 6.45) is 0. The van der Waals surface area contributed by atoms with E-state index in [9.17, 15) is 8.78 Å². The van der Waals surface area contributed by atoms with E-state index in [4.69, 9.17) is 23.2 Å². The Kier molecular flexibility index (Phi) is 4.04. The molecule has 0 aliphatic heterocycles. The van der Waals surface area contributed by atoms with Crippen molar-refractivity contribution in [3.63, 3.8) is 0 Å². The van der Waals surface area contributed by atoms with Gasteiger partial charge in [-0.05, 0) is 35.9 Å². The van der Waals surface area contributed by atoms with Crippen molar-refractivity contribution in [1.82, 2.24) is 0 Å². The lowest BCUT2D eigenvalue weighted by molar-refractivity contribution is 0.580. The van der Waals surface area contributed by atoms with Gasteiger partial charge in [-0.1, -0.05) is 23.2 Å². The minimum Gasteiger partial charge on any atom is -0.380 e. The van der Waals surface area contributed by atoms with E-state index < -0.39 is 11.6 Å². The predicted molar refractivity (Wildman–Crippen MR) is 70.1 cm³/mol. The van der Waals surface area contributed by atoms with E-state index in [0.717, 1.165) is 6.07 Å². The number of anilines is 1. The Morgan fingerprint density at radius 3 is 2.28 bits per heavy atom. The van der Waals surface area contributed by atoms with Crippen molar-refractivity contribution in [2.45, 2.75) is 6.54 Å². The van der Waals surface area contributed by atoms with Crippen molar-refractivity contribution >= 4 is 28.9 Å². The van der Waals surface area contributed by atoms with Gasteiger partial charge in [0.05, 0.1) is 10.7 Å². The van der Waals surface area contributed by atoms with Crippen LogP contribution in [-0.2, 0) is 6.54 Å². The van der Waals surface area contributed by atoms with Crippen LogP contribution in [0.5, 0.6) is 0 Å². The van der Waals surface area contributed by atoms with Crippen molar-refractivity contribution in [2.75, 3.05) is 5.32 Å². The molecule has 2 aromatic carbocycles. The van der Waals surface area contributed by atoms with E-state index in [1.165, 1.54) is 12.1 Å². The highest BCUT2D eigenvalue weighted by Crippen LogP contribution is 2.25. The van der Waals surface area contributed by atoms with Gasteiger partial charge in [0.1, 0.15) is 11.6 Å². The number of nitrogens with one attached hydrogen (secondary N) is 1. The molecule has 1 nitrogen and oxygen atoms in total. The molecule has 0 saturated heterocycles. The lowest BCUT2D eigenvalue weighted by Gasteiger charge is -2.09. The monoisotopic (exact) mass is 287 g/mol. The van der Waals surface area contributed by atoms with E-state index >= 15 is 0 Å². The average Bonchev–Trinajstić information content (AvgIpc) is 2.29. The van der Waals surface area contributed by atoms with Crippen LogP contribution < -0.4 is 5.32 Å². The molecule has 0 saturated carbocycles. The molecule has 0 amide bonds. The maximum absolute atomic E-state index is 13.0. The molecular weight excluding hydrogens is 279 g/mol. The Bertz CT molecular complexity index is 553. The minimum atomic E-state index is -0.607. The summed E-state index contributed by atoms with van der Waals surface area (Å²) in [6.45, 7) is 0.259. The SMILES string of the molecule is Fc1cc(F)cc(CNc2cc(Cl)ccc2Cl)c1. The van der Waals surface area contributed by atoms with Gasteiger partial charge in [-0.15, -0.1) is 0 Å². The van der Waals surface area contributed by atoms with Crippen LogP contribution >= 0.6 is 23.2 Å². The number of benzene rings is 2. The summed E-state index contributed by atoms with van der Waals surface area (Å²) in [5.74, 6) is -1.21. The molecule has 0 spiro atoms. The molecule has 94 valence electrons. The molecule has 0 aliphatic rings. The maximum Gasteiger partial charge on any atom is 0.126 e. The molecule has 2 aromatic rings. The summed E-state index contributed by atoms with van der Waals surface area (Å²) in [4.78, 5) is 0. The fraction of sp³-hybridized carbons (Fsp3) is 0.0769. The molecule has 18 heavy (non-hydrogen) atoms. The third-order valence-corrected chi connectivity index (χ3v) is 2.90. The van der Waals surface area contributed by atoms with E-state index in [2.05, 4.69) is 5.32 Å². The molecule has 0 bridgehead atoms. The smallest absolute Gasteiger partial charge is 0.126 e. The predicted octanol–water partition coefficient (Wildman–Crippen LogP) is 4.88. The second kappa shape index (κ2) is 5.55. The largest absolute Gasteiger partial charge is 0.380 e. The van der Waals surface area contributed by atoms with Gasteiger partial charge < -0.3 is 5.32 Å². The molecule has 0 radical (unpaired) electrons. The highest BCUT2D eigenvalue weighted by molar-refractivity contribution is 6.35. The Balaban J connectivity index is 2.13. The number of hydrogen-bond donors (Lipinski definition) is 1. The molecule has 0 aliphatic carbocycles. The lowest BCUT2D eigenvalue weighted by atomic mass is 10.2. The number of hydrogen-bond acceptors (Lipinski definition) is 1. The Labute approximate surface area is 113 Å². The van der Waals surface area contributed by atoms with Crippen LogP contribution in [0, 0.1) is 11.6 Å². The average molecular weight is 288 g/mol. The van der Waals surface area contributed by atoms with Gasteiger partial charge in [-0.3, -0.25) is 0 Å². The highest BCUT2D eigenvalue weighted by atomic mass is 35.5. The summed E-state index contributed by atoms with van der Waals surface area (Å²) < 4.78 is 26.0. The first-order valence-corrected chi connectivity index (χ1v) is 5.94. The molecule has 0 atom stereocenters. The second-order valence-electron chi connectivity index (χ2n) is 3.76. The minimum absolute atomic E-state index is 0.259. The summed E-state index contributed by atoms with van der Waals surface area (Å²) >= 11 is 11.8. The van der Waals surface area contributed by atoms with Crippen molar-refractivity contribution in [2.24, 2.45) is 0 Å². The Hall–Kier alpha value is -1.32. The van der Waals surface area contributed by atoms with Gasteiger partial charge in [-0.2, -0.15) is 0 Å². The number of halogens is 4. The first kappa shape index (κ1) is 13.1. The summed E-state index contributed by atoms with van der Waals surface area (Å²) in [5, 5.41) is 4.01. The summed E-state index contributed by atoms with van der Waals surface area (Å²) in [7, 11) is 0. The lowest BCUT2D eigenvalue weighted by Crippen LogP contribution is -2.01. The van der Waals surface area contributed by atoms with E-state index in [1.54, 1.807) is 18.2 Å². The zero-order valence-corrected chi connectivity index (χ0v) is 10.7. The van der Waals surface area contributed by atoms with Gasteiger partial charge in [0.15, 0.2) is 0 Å². The quantitative estimate of drug-likeness (QED) is 0.848. The van der Waals surface area contributed by atoms with Crippen molar-refractivity contribution < 1.29 is 8.78 Å². The maximum atomic E-state index is 13.0. The topological polar surface area (TPSA) is 12.0 Å². The second-order valence-corrected chi connectivity index (χ2v) is 4.60. The normalized spacial score (nSPS) is 10.4. The van der Waals surface area contributed by atoms with Crippen molar-refractivity contribution in [1.29, 1.82) is 0 Å². The Morgan fingerprint density at radius 2 is 1.61 bits per heavy atom. The molecule has 2 rings (SSSR count). The van der Waals surface area contributed by atoms with E-state index in [0.29, 0.717) is 21.3 Å². The van der Waals surface area contributed by atoms with Crippen LogP contribution in [0.15, 0.2) is 36.4 Å². The van der Waals surface area contributed by atoms with E-state index in [-0.39, 0.29) is 6.54 Å². The van der Waals surface area contributed by atoms with Gasteiger partial charge in [-0.25, -0.2) is 8.78 Å². The summed E-state index contributed by atoms with van der Waals surface area (Å²) in [6, 6.07) is 8.31. The first-order valence-electron chi connectivity index (χ1n) is 5.18. The Morgan fingerprint density at radius 1 is 0.944 bits per heavy atom. The third kappa shape index (κ3) is 3.34. The van der Waals surface area contributed by atoms with Crippen LogP contribution in [0.1, 0.15) is 5.56 Å². The van der Waals surface area contributed by atoms with Crippen LogP contribution in [0.2, 0.25) is 10.0 Å². The zero-order chi connectivity index (χ0) is 13.1. The summed E-state index contributed by atoms with van der Waals surface area (Å²) in [5.41, 5.74) is 1.11. The molecule has 0 fully saturated rings. The first-order chi connectivity index (χ1) is 8.54. The van der Waals surface area contributed by atoms with Gasteiger partial charge in [0, 0.05) is 17.6 Å². The van der Waals surface area contributed by atoms with Crippen LogP contribution in [0.3, 0.4) is 0 Å². The number of rotatable bonds is 3. The third-order valence-electron chi connectivity index (χ3n) is 2.33. The molecule has 0 aromatic heterocycles. The fourth-order valence-corrected chi connectivity index (χ4v) is 1.90. The molecule has 1 N–H and O–H groups in total. The van der Waals surface area contributed by atoms with Crippen LogP contribution in [0.4, 0.5) is 14.5 Å². The van der Waals surface area contributed by atoms with Crippen LogP contribution in [-0.4, -0.2) is 0 Å². The van der Waals surface area contributed by atoms with Gasteiger partial charge in [0.25, 0.3) is 0 Å². The molecular formula is C13H9Cl2F2N. The zero-order valence-electron chi connectivity index (χ0n) is 9.18. The van der Waals surface area contributed by atoms with E-state index in [1.807, 2.05) is 0 Å². The van der Waals surface area contributed by atoms with Gasteiger partial charge in [0.2, 0.25) is 0 Å². The molecule has 5 heteroatoms. The van der Waals surface area contributed by atoms with Gasteiger partial charge >= 0.3 is 0 Å². The highest BCUT2D eigenvalue weighted by Gasteiger charge is 2.03. The standard InChI is InChI=1S/C13H9Cl2F2N/c14-9-1-2-12(15)13(5-9)18-7-8-3-10(16)6-11(17)4-8/h1-6,18H,7H2. The molecule has 0 heterocycles. The van der Waals surface area contributed by atoms with Crippen molar-refractivity contribution in [3.8, 4) is 0 Å². The van der Waals surface area contributed by atoms with Crippen LogP contribution in [0.25, 0.3) is 0 Å². The fourth-order valence-electron chi connectivity index (χ4n) is 1.54. The molecule has 0 unspecified atom stereocenters.